The van der Waals surface area contributed by atoms with Gasteiger partial charge < -0.3 is 14.8 Å². The Balaban J connectivity index is 1.70. The maximum absolute atomic E-state index is 13.5. The van der Waals surface area contributed by atoms with Gasteiger partial charge in [0, 0.05) is 12.5 Å². The molecule has 1 aromatic carbocycles. The topological polar surface area (TPSA) is 48.3 Å². The minimum atomic E-state index is -4.36. The lowest BCUT2D eigenvalue weighted by molar-refractivity contribution is -0.173. The highest BCUT2D eigenvalue weighted by molar-refractivity contribution is 5.48. The van der Waals surface area contributed by atoms with Crippen LogP contribution in [0.15, 0.2) is 24.3 Å². The fourth-order valence-electron chi connectivity index (χ4n) is 3.19. The predicted octanol–water partition coefficient (Wildman–Crippen LogP) is 3.62. The smallest absolute Gasteiger partial charge is 0.410 e. The Kier molecular flexibility index (Phi) is 3.36. The zero-order valence-electron chi connectivity index (χ0n) is 12.9. The molecule has 1 N–H and O–H groups in total. The molecule has 0 fully saturated rings. The zero-order valence-corrected chi connectivity index (χ0v) is 12.9. The molecular weight excluding hydrogens is 323 g/mol. The summed E-state index contributed by atoms with van der Waals surface area (Å²) in [6, 6.07) is 4.76. The van der Waals surface area contributed by atoms with Crippen molar-refractivity contribution >= 4 is 5.82 Å². The largest absolute Gasteiger partial charge is 0.486 e. The molecule has 2 unspecified atom stereocenters. The molecule has 0 aliphatic carbocycles. The maximum atomic E-state index is 13.5. The number of nitrogens with one attached hydrogen (secondary N) is 1. The molecule has 128 valence electrons. The van der Waals surface area contributed by atoms with Gasteiger partial charge in [-0.15, -0.1) is 0 Å². The van der Waals surface area contributed by atoms with Crippen LogP contribution in [0.4, 0.5) is 19.0 Å². The van der Waals surface area contributed by atoms with Crippen molar-refractivity contribution in [3.63, 3.8) is 0 Å². The monoisotopic (exact) mass is 339 g/mol. The van der Waals surface area contributed by atoms with Gasteiger partial charge in [0.2, 0.25) is 0 Å². The number of aryl methyl sites for hydroxylation is 1. The number of halogens is 3. The van der Waals surface area contributed by atoms with Crippen molar-refractivity contribution in [2.75, 3.05) is 18.5 Å². The van der Waals surface area contributed by atoms with Gasteiger partial charge >= 0.3 is 6.18 Å². The molecule has 2 aliphatic heterocycles. The normalized spacial score (nSPS) is 22.7. The van der Waals surface area contributed by atoms with E-state index < -0.39 is 18.3 Å². The molecule has 0 spiro atoms. The number of anilines is 1. The molecule has 1 aromatic heterocycles. The Bertz CT molecular complexity index is 772. The van der Waals surface area contributed by atoms with Crippen molar-refractivity contribution in [3.8, 4) is 11.5 Å². The SMILES string of the molecule is Cc1cc2n(n1)C(C(F)(F)F)CC(c1ccc3c(c1)OCCO3)N2. The number of benzene rings is 1. The van der Waals surface area contributed by atoms with Crippen molar-refractivity contribution in [2.24, 2.45) is 0 Å². The van der Waals surface area contributed by atoms with Crippen LogP contribution >= 0.6 is 0 Å². The van der Waals surface area contributed by atoms with Crippen LogP contribution in [0.2, 0.25) is 0 Å². The lowest BCUT2D eigenvalue weighted by atomic mass is 9.96. The summed E-state index contributed by atoms with van der Waals surface area (Å²) in [4.78, 5) is 0. The number of rotatable bonds is 1. The highest BCUT2D eigenvalue weighted by Crippen LogP contribution is 2.44. The Morgan fingerprint density at radius 2 is 1.92 bits per heavy atom. The molecule has 24 heavy (non-hydrogen) atoms. The molecule has 5 nitrogen and oxygen atoms in total. The van der Waals surface area contributed by atoms with E-state index in [1.165, 1.54) is 0 Å². The first-order valence-electron chi connectivity index (χ1n) is 7.71. The van der Waals surface area contributed by atoms with E-state index in [1.807, 2.05) is 0 Å². The third-order valence-corrected chi connectivity index (χ3v) is 4.28. The van der Waals surface area contributed by atoms with Crippen molar-refractivity contribution in [3.05, 3.63) is 35.5 Å². The van der Waals surface area contributed by atoms with Crippen LogP contribution in [0, 0.1) is 6.92 Å². The molecule has 2 aromatic rings. The molecular formula is C16H16F3N3O2. The van der Waals surface area contributed by atoms with Crippen molar-refractivity contribution in [1.29, 1.82) is 0 Å². The molecule has 4 rings (SSSR count). The summed E-state index contributed by atoms with van der Waals surface area (Å²) in [5.74, 6) is 1.56. The molecule has 0 bridgehead atoms. The van der Waals surface area contributed by atoms with Gasteiger partial charge in [0.1, 0.15) is 19.0 Å². The van der Waals surface area contributed by atoms with E-state index in [0.717, 1.165) is 10.2 Å². The van der Waals surface area contributed by atoms with E-state index in [2.05, 4.69) is 10.4 Å². The molecule has 2 aliphatic rings. The lowest BCUT2D eigenvalue weighted by Gasteiger charge is -2.33. The maximum Gasteiger partial charge on any atom is 0.410 e. The Morgan fingerprint density at radius 1 is 1.17 bits per heavy atom. The Hall–Kier alpha value is -2.38. The standard InChI is InChI=1S/C16H16F3N3O2/c1-9-6-15-20-11(8-14(16(17,18)19)22(15)21-9)10-2-3-12-13(7-10)24-5-4-23-12/h2-3,6-7,11,14,20H,4-5,8H2,1H3. The zero-order chi connectivity index (χ0) is 16.9. The highest BCUT2D eigenvalue weighted by Gasteiger charge is 2.46. The van der Waals surface area contributed by atoms with Crippen LogP contribution in [-0.2, 0) is 0 Å². The fourth-order valence-corrected chi connectivity index (χ4v) is 3.19. The van der Waals surface area contributed by atoms with E-state index >= 15 is 0 Å². The minimum absolute atomic E-state index is 0.128. The van der Waals surface area contributed by atoms with Crippen molar-refractivity contribution in [1.82, 2.24) is 9.78 Å². The van der Waals surface area contributed by atoms with Crippen LogP contribution in [0.1, 0.15) is 29.8 Å². The van der Waals surface area contributed by atoms with Gasteiger partial charge in [-0.25, -0.2) is 4.68 Å². The van der Waals surface area contributed by atoms with Crippen LogP contribution in [0.5, 0.6) is 11.5 Å². The number of hydrogen-bond donors (Lipinski definition) is 1. The fraction of sp³-hybridized carbons (Fsp3) is 0.438. The van der Waals surface area contributed by atoms with Gasteiger partial charge in [-0.3, -0.25) is 0 Å². The second-order valence-electron chi connectivity index (χ2n) is 6.01. The Morgan fingerprint density at radius 3 is 2.67 bits per heavy atom. The summed E-state index contributed by atoms with van der Waals surface area (Å²) < 4.78 is 52.4. The van der Waals surface area contributed by atoms with Gasteiger partial charge in [0.25, 0.3) is 0 Å². The molecule has 0 radical (unpaired) electrons. The number of aromatic nitrogens is 2. The summed E-state index contributed by atoms with van der Waals surface area (Å²) in [7, 11) is 0. The van der Waals surface area contributed by atoms with E-state index in [4.69, 9.17) is 9.47 Å². The molecule has 3 heterocycles. The van der Waals surface area contributed by atoms with Crippen LogP contribution < -0.4 is 14.8 Å². The number of hydrogen-bond acceptors (Lipinski definition) is 4. The van der Waals surface area contributed by atoms with Crippen LogP contribution in [0.3, 0.4) is 0 Å². The third kappa shape index (κ3) is 2.55. The molecule has 8 heteroatoms. The number of ether oxygens (including phenoxy) is 2. The second-order valence-corrected chi connectivity index (χ2v) is 6.01. The minimum Gasteiger partial charge on any atom is -0.486 e. The molecule has 0 amide bonds. The van der Waals surface area contributed by atoms with Gasteiger partial charge in [0.15, 0.2) is 17.5 Å². The number of alkyl halides is 3. The van der Waals surface area contributed by atoms with Crippen molar-refractivity contribution < 1.29 is 22.6 Å². The Labute approximate surface area is 136 Å². The summed E-state index contributed by atoms with van der Waals surface area (Å²) >= 11 is 0. The second kappa shape index (κ2) is 5.32. The third-order valence-electron chi connectivity index (χ3n) is 4.28. The quantitative estimate of drug-likeness (QED) is 0.862. The predicted molar refractivity (Wildman–Crippen MR) is 80.5 cm³/mol. The van der Waals surface area contributed by atoms with Crippen LogP contribution in [0.25, 0.3) is 0 Å². The van der Waals surface area contributed by atoms with Crippen LogP contribution in [-0.4, -0.2) is 29.2 Å². The average molecular weight is 339 g/mol. The van der Waals surface area contributed by atoms with E-state index in [0.29, 0.717) is 36.2 Å². The lowest BCUT2D eigenvalue weighted by Crippen LogP contribution is -2.35. The van der Waals surface area contributed by atoms with Gasteiger partial charge in [-0.1, -0.05) is 6.07 Å². The number of nitrogens with zero attached hydrogens (tertiary/aromatic N) is 2. The first kappa shape index (κ1) is 15.2. The highest BCUT2D eigenvalue weighted by atomic mass is 19.4. The average Bonchev–Trinajstić information content (AvgIpc) is 2.92. The van der Waals surface area contributed by atoms with Gasteiger partial charge in [-0.05, 0) is 24.6 Å². The molecule has 0 saturated carbocycles. The van der Waals surface area contributed by atoms with E-state index in [-0.39, 0.29) is 6.42 Å². The summed E-state index contributed by atoms with van der Waals surface area (Å²) in [5, 5.41) is 7.13. The summed E-state index contributed by atoms with van der Waals surface area (Å²) in [6.45, 7) is 2.59. The summed E-state index contributed by atoms with van der Waals surface area (Å²) in [5.41, 5.74) is 1.29. The van der Waals surface area contributed by atoms with Gasteiger partial charge in [-0.2, -0.15) is 18.3 Å². The van der Waals surface area contributed by atoms with Gasteiger partial charge in [0.05, 0.1) is 11.7 Å². The molecule has 0 saturated heterocycles. The number of fused-ring (bicyclic) bond motifs is 2. The van der Waals surface area contributed by atoms with E-state index in [1.54, 1.807) is 31.2 Å². The first-order valence-corrected chi connectivity index (χ1v) is 7.71. The first-order chi connectivity index (χ1) is 11.4. The summed E-state index contributed by atoms with van der Waals surface area (Å²) in [6.07, 6.45) is -4.49. The molecule has 2 atom stereocenters. The van der Waals surface area contributed by atoms with E-state index in [9.17, 15) is 13.2 Å². The van der Waals surface area contributed by atoms with Crippen molar-refractivity contribution in [2.45, 2.75) is 31.6 Å².